The number of ether oxygens (including phenoxy) is 4. The summed E-state index contributed by atoms with van der Waals surface area (Å²) in [4.78, 5) is 37.4. The van der Waals surface area contributed by atoms with Gasteiger partial charge in [0, 0.05) is 0 Å². The summed E-state index contributed by atoms with van der Waals surface area (Å²) in [6.07, 6.45) is 0.233. The van der Waals surface area contributed by atoms with Crippen LogP contribution in [0.25, 0.3) is 11.2 Å². The van der Waals surface area contributed by atoms with E-state index in [0.717, 1.165) is 12.8 Å². The van der Waals surface area contributed by atoms with Gasteiger partial charge in [-0.2, -0.15) is 9.97 Å². The zero-order chi connectivity index (χ0) is 32.7. The minimum atomic E-state index is -4.22. The van der Waals surface area contributed by atoms with Crippen LogP contribution in [0, 0.1) is 0 Å². The summed E-state index contributed by atoms with van der Waals surface area (Å²) in [5.74, 6) is -1.36. The number of nitrogen functional groups attached to an aromatic ring is 1. The molecule has 0 aromatic carbocycles. The standard InChI is InChI=1S/C26H44N7O10P/c1-7-9-11-40-22(35)15(3)31-44(38,32-16(4)23(36)41-12-10-8-2)42-13-17-19(34)26(5,37)24(43-17)33-14-28-18-20(33)29-25(27)30-21(18)39-6/h14-17,19,24,34,37H,7-13H2,1-6H3,(H2,27,29,30)(H2,31,32,38). The van der Waals surface area contributed by atoms with Crippen LogP contribution in [0.1, 0.15) is 66.5 Å². The predicted molar refractivity (Wildman–Crippen MR) is 157 cm³/mol. The fraction of sp³-hybridized carbons (Fsp3) is 0.731. The van der Waals surface area contributed by atoms with Gasteiger partial charge < -0.3 is 39.4 Å². The average molecular weight is 646 g/mol. The number of aliphatic hydroxyl groups is 2. The number of nitrogens with one attached hydrogen (secondary N) is 2. The zero-order valence-electron chi connectivity index (χ0n) is 25.9. The van der Waals surface area contributed by atoms with Gasteiger partial charge in [0.25, 0.3) is 0 Å². The Hall–Kier alpha value is -2.92. The Morgan fingerprint density at radius 3 is 2.23 bits per heavy atom. The molecule has 17 nitrogen and oxygen atoms in total. The maximum absolute atomic E-state index is 14.0. The third-order valence-corrected chi connectivity index (χ3v) is 8.91. The van der Waals surface area contributed by atoms with Crippen LogP contribution < -0.4 is 20.6 Å². The van der Waals surface area contributed by atoms with Crippen molar-refractivity contribution in [3.05, 3.63) is 6.33 Å². The van der Waals surface area contributed by atoms with Crippen molar-refractivity contribution in [3.63, 3.8) is 0 Å². The van der Waals surface area contributed by atoms with Crippen LogP contribution in [0.3, 0.4) is 0 Å². The highest BCUT2D eigenvalue weighted by Crippen LogP contribution is 2.44. The second kappa shape index (κ2) is 15.4. The van der Waals surface area contributed by atoms with E-state index in [1.165, 1.54) is 38.8 Å². The van der Waals surface area contributed by atoms with Crippen LogP contribution in [0.5, 0.6) is 5.88 Å². The maximum atomic E-state index is 14.0. The topological polar surface area (TPSA) is 232 Å². The Morgan fingerprint density at radius 1 is 1.14 bits per heavy atom. The van der Waals surface area contributed by atoms with E-state index in [0.29, 0.717) is 12.8 Å². The summed E-state index contributed by atoms with van der Waals surface area (Å²) in [6.45, 7) is 7.93. The van der Waals surface area contributed by atoms with E-state index in [1.807, 2.05) is 13.8 Å². The van der Waals surface area contributed by atoms with E-state index >= 15 is 0 Å². The number of aromatic nitrogens is 4. The van der Waals surface area contributed by atoms with Crippen molar-refractivity contribution in [3.8, 4) is 5.88 Å². The first-order valence-corrected chi connectivity index (χ1v) is 16.1. The molecule has 2 aromatic rings. The van der Waals surface area contributed by atoms with Crippen molar-refractivity contribution in [2.24, 2.45) is 0 Å². The van der Waals surface area contributed by atoms with E-state index in [4.69, 9.17) is 29.2 Å². The monoisotopic (exact) mass is 645 g/mol. The van der Waals surface area contributed by atoms with E-state index in [9.17, 15) is 24.4 Å². The van der Waals surface area contributed by atoms with Gasteiger partial charge >= 0.3 is 19.6 Å². The highest BCUT2D eigenvalue weighted by molar-refractivity contribution is 7.54. The summed E-state index contributed by atoms with van der Waals surface area (Å²) < 4.78 is 42.7. The van der Waals surface area contributed by atoms with Gasteiger partial charge in [-0.3, -0.25) is 18.7 Å². The minimum Gasteiger partial charge on any atom is -0.479 e. The van der Waals surface area contributed by atoms with Crippen molar-refractivity contribution >= 4 is 36.7 Å². The van der Waals surface area contributed by atoms with Crippen molar-refractivity contribution < 1.29 is 47.8 Å². The number of carbonyl (C=O) groups is 2. The van der Waals surface area contributed by atoms with Gasteiger partial charge in [-0.15, -0.1) is 0 Å². The fourth-order valence-corrected chi connectivity index (χ4v) is 6.20. The fourth-order valence-electron chi connectivity index (χ4n) is 4.39. The molecule has 6 unspecified atom stereocenters. The van der Waals surface area contributed by atoms with Crippen LogP contribution >= 0.6 is 7.67 Å². The van der Waals surface area contributed by atoms with E-state index < -0.39 is 62.3 Å². The van der Waals surface area contributed by atoms with Crippen LogP contribution in [-0.4, -0.2) is 98.5 Å². The van der Waals surface area contributed by atoms with Gasteiger partial charge in [0.1, 0.15) is 29.9 Å². The van der Waals surface area contributed by atoms with Gasteiger partial charge in [0.15, 0.2) is 17.4 Å². The lowest BCUT2D eigenvalue weighted by Gasteiger charge is -2.28. The SMILES string of the molecule is CCCCOC(=O)C(C)NP(=O)(NC(C)C(=O)OCCCC)OCC1OC(n2cnc3c(OC)nc(N)nc32)C(C)(O)C1O. The molecule has 3 heterocycles. The van der Waals surface area contributed by atoms with Crippen molar-refractivity contribution in [2.75, 3.05) is 32.7 Å². The molecule has 0 spiro atoms. The number of hydrogen-bond acceptors (Lipinski definition) is 14. The molecule has 0 bridgehead atoms. The van der Waals surface area contributed by atoms with Crippen LogP contribution in [0.2, 0.25) is 0 Å². The molecule has 0 saturated carbocycles. The zero-order valence-corrected chi connectivity index (χ0v) is 26.8. The molecule has 18 heteroatoms. The Bertz CT molecular complexity index is 1290. The number of carbonyl (C=O) groups excluding carboxylic acids is 2. The smallest absolute Gasteiger partial charge is 0.342 e. The summed E-state index contributed by atoms with van der Waals surface area (Å²) in [5.41, 5.74) is 4.31. The molecule has 0 aliphatic carbocycles. The van der Waals surface area contributed by atoms with E-state index in [2.05, 4.69) is 25.1 Å². The first-order valence-electron chi connectivity index (χ1n) is 14.5. The molecule has 0 amide bonds. The Kier molecular flexibility index (Phi) is 12.4. The predicted octanol–water partition coefficient (Wildman–Crippen LogP) is 1.19. The second-order valence-electron chi connectivity index (χ2n) is 10.7. The molecule has 6 atom stereocenters. The maximum Gasteiger partial charge on any atom is 0.342 e. The third kappa shape index (κ3) is 8.41. The number of anilines is 1. The number of nitrogens with two attached hydrogens (primary N) is 1. The molecule has 1 aliphatic heterocycles. The number of fused-ring (bicyclic) bond motifs is 1. The number of hydrogen-bond donors (Lipinski definition) is 5. The average Bonchev–Trinajstić information content (AvgIpc) is 3.48. The lowest BCUT2D eigenvalue weighted by Crippen LogP contribution is -2.45. The van der Waals surface area contributed by atoms with Gasteiger partial charge in [0.2, 0.25) is 11.8 Å². The van der Waals surface area contributed by atoms with Gasteiger partial charge in [-0.05, 0) is 33.6 Å². The lowest BCUT2D eigenvalue weighted by atomic mass is 9.96. The molecule has 6 N–H and O–H groups in total. The molecule has 0 radical (unpaired) electrons. The third-order valence-electron chi connectivity index (χ3n) is 6.95. The van der Waals surface area contributed by atoms with Crippen molar-refractivity contribution in [1.29, 1.82) is 0 Å². The largest absolute Gasteiger partial charge is 0.479 e. The Labute approximate surface area is 255 Å². The summed E-state index contributed by atoms with van der Waals surface area (Å²) in [5, 5.41) is 27.5. The van der Waals surface area contributed by atoms with E-state index in [1.54, 1.807) is 0 Å². The first kappa shape index (κ1) is 35.6. The lowest BCUT2D eigenvalue weighted by molar-refractivity contribution is -0.145. The number of rotatable bonds is 17. The Balaban J connectivity index is 1.80. The summed E-state index contributed by atoms with van der Waals surface area (Å²) >= 11 is 0. The van der Waals surface area contributed by atoms with Crippen molar-refractivity contribution in [2.45, 2.75) is 96.4 Å². The van der Waals surface area contributed by atoms with Gasteiger partial charge in [-0.25, -0.2) is 15.2 Å². The molecule has 248 valence electrons. The molecule has 1 saturated heterocycles. The first-order chi connectivity index (χ1) is 20.8. The molecular formula is C26H44N7O10P. The van der Waals surface area contributed by atoms with Crippen LogP contribution in [0.4, 0.5) is 5.95 Å². The molecule has 44 heavy (non-hydrogen) atoms. The molecule has 1 fully saturated rings. The second-order valence-corrected chi connectivity index (χ2v) is 12.6. The molecular weight excluding hydrogens is 601 g/mol. The highest BCUT2D eigenvalue weighted by Gasteiger charge is 2.54. The number of nitrogens with zero attached hydrogens (tertiary/aromatic N) is 4. The van der Waals surface area contributed by atoms with E-state index in [-0.39, 0.29) is 36.2 Å². The van der Waals surface area contributed by atoms with Gasteiger partial charge in [0.05, 0.1) is 33.3 Å². The van der Waals surface area contributed by atoms with Gasteiger partial charge in [-0.1, -0.05) is 26.7 Å². The van der Waals surface area contributed by atoms with Crippen LogP contribution in [0.15, 0.2) is 6.33 Å². The summed E-state index contributed by atoms with van der Waals surface area (Å²) in [7, 11) is -2.84. The van der Waals surface area contributed by atoms with Crippen molar-refractivity contribution in [1.82, 2.24) is 29.7 Å². The number of esters is 2. The number of methoxy groups -OCH3 is 1. The van der Waals surface area contributed by atoms with Crippen LogP contribution in [-0.2, 0) is 32.9 Å². The normalized spacial score (nSPS) is 24.5. The number of aliphatic hydroxyl groups excluding tert-OH is 1. The molecule has 2 aromatic heterocycles. The summed E-state index contributed by atoms with van der Waals surface area (Å²) in [6, 6.07) is -2.20. The minimum absolute atomic E-state index is 0.104. The Morgan fingerprint density at radius 2 is 1.70 bits per heavy atom. The molecule has 3 rings (SSSR count). The number of unbranched alkanes of at least 4 members (excludes halogenated alkanes) is 2. The number of imidazole rings is 1. The quantitative estimate of drug-likeness (QED) is 0.0924. The molecule has 1 aliphatic rings. The highest BCUT2D eigenvalue weighted by atomic mass is 31.2.